The Hall–Kier alpha value is -2.25. The fourth-order valence-electron chi connectivity index (χ4n) is 1.67. The van der Waals surface area contributed by atoms with Gasteiger partial charge in [0.1, 0.15) is 0 Å². The van der Waals surface area contributed by atoms with E-state index < -0.39 is 5.97 Å². The van der Waals surface area contributed by atoms with Crippen LogP contribution < -0.4 is 10.6 Å². The Morgan fingerprint density at radius 3 is 2.36 bits per heavy atom. The van der Waals surface area contributed by atoms with Crippen molar-refractivity contribution in [2.45, 2.75) is 0 Å². The van der Waals surface area contributed by atoms with Gasteiger partial charge in [0.2, 0.25) is 0 Å². The summed E-state index contributed by atoms with van der Waals surface area (Å²) in [4.78, 5) is 22.9. The van der Waals surface area contributed by atoms with Gasteiger partial charge >= 0.3 is 5.97 Å². The molecule has 5 nitrogen and oxygen atoms in total. The second-order valence-electron chi connectivity index (χ2n) is 4.27. The minimum absolute atomic E-state index is 0.0806. The van der Waals surface area contributed by atoms with E-state index >= 15 is 0 Å². The van der Waals surface area contributed by atoms with Crippen LogP contribution in [0, 0.1) is 0 Å². The van der Waals surface area contributed by atoms with Crippen LogP contribution in [-0.2, 0) is 0 Å². The molecule has 0 saturated carbocycles. The van der Waals surface area contributed by atoms with Crippen LogP contribution in [0.1, 0.15) is 20.7 Å². The van der Waals surface area contributed by atoms with Gasteiger partial charge < -0.3 is 10.4 Å². The molecule has 0 spiro atoms. The summed E-state index contributed by atoms with van der Waals surface area (Å²) in [5.41, 5.74) is 1.05. The molecule has 0 fully saturated rings. The monoisotopic (exact) mass is 378 g/mol. The number of thiocarbonyl (C=S) groups is 1. The van der Waals surface area contributed by atoms with E-state index in [1.54, 1.807) is 30.3 Å². The van der Waals surface area contributed by atoms with Crippen LogP contribution in [0.2, 0.25) is 0 Å². The number of carboxylic acid groups (broad SMARTS) is 1. The molecule has 0 heterocycles. The highest BCUT2D eigenvalue weighted by atomic mass is 79.9. The third kappa shape index (κ3) is 4.12. The average Bonchev–Trinajstić information content (AvgIpc) is 2.50. The highest BCUT2D eigenvalue weighted by Gasteiger charge is 2.11. The summed E-state index contributed by atoms with van der Waals surface area (Å²) >= 11 is 8.36. The van der Waals surface area contributed by atoms with E-state index in [-0.39, 0.29) is 16.6 Å². The van der Waals surface area contributed by atoms with Crippen LogP contribution in [0.4, 0.5) is 5.69 Å². The van der Waals surface area contributed by atoms with E-state index in [0.29, 0.717) is 15.7 Å². The minimum atomic E-state index is -1.05. The third-order valence-corrected chi connectivity index (χ3v) is 3.62. The van der Waals surface area contributed by atoms with Crippen LogP contribution in [-0.4, -0.2) is 22.1 Å². The third-order valence-electron chi connectivity index (χ3n) is 2.72. The van der Waals surface area contributed by atoms with Crippen LogP contribution in [0.15, 0.2) is 53.0 Å². The number of hydrogen-bond donors (Lipinski definition) is 3. The van der Waals surface area contributed by atoms with Crippen molar-refractivity contribution in [2.24, 2.45) is 0 Å². The first-order chi connectivity index (χ1) is 10.5. The second-order valence-corrected chi connectivity index (χ2v) is 5.54. The smallest absolute Gasteiger partial charge is 0.335 e. The van der Waals surface area contributed by atoms with Crippen molar-refractivity contribution >= 4 is 50.8 Å². The van der Waals surface area contributed by atoms with E-state index in [1.807, 2.05) is 6.07 Å². The van der Waals surface area contributed by atoms with Crippen LogP contribution in [0.5, 0.6) is 0 Å². The van der Waals surface area contributed by atoms with Gasteiger partial charge in [-0.2, -0.15) is 0 Å². The number of hydrogen-bond acceptors (Lipinski definition) is 3. The summed E-state index contributed by atoms with van der Waals surface area (Å²) < 4.78 is 0.633. The van der Waals surface area contributed by atoms with Crippen LogP contribution >= 0.6 is 28.1 Å². The molecule has 0 bridgehead atoms. The number of halogens is 1. The van der Waals surface area contributed by atoms with Crippen molar-refractivity contribution in [1.29, 1.82) is 0 Å². The topological polar surface area (TPSA) is 78.4 Å². The van der Waals surface area contributed by atoms with Crippen molar-refractivity contribution in [1.82, 2.24) is 5.32 Å². The fraction of sp³-hybridized carbons (Fsp3) is 0. The molecular weight excluding hydrogens is 368 g/mol. The molecule has 0 unspecified atom stereocenters. The predicted molar refractivity (Wildman–Crippen MR) is 91.2 cm³/mol. The molecule has 2 aromatic rings. The van der Waals surface area contributed by atoms with Gasteiger partial charge in [-0.05, 0) is 58.5 Å². The maximum Gasteiger partial charge on any atom is 0.335 e. The minimum Gasteiger partial charge on any atom is -0.478 e. The molecular formula is C15H11BrN2O3S. The van der Waals surface area contributed by atoms with E-state index in [4.69, 9.17) is 17.3 Å². The maximum atomic E-state index is 12.0. The molecule has 22 heavy (non-hydrogen) atoms. The molecule has 0 saturated heterocycles. The molecule has 2 aromatic carbocycles. The summed E-state index contributed by atoms with van der Waals surface area (Å²) in [6.07, 6.45) is 0. The zero-order valence-electron chi connectivity index (χ0n) is 11.2. The Kier molecular flexibility index (Phi) is 5.24. The number of carboxylic acids is 1. The van der Waals surface area contributed by atoms with E-state index in [2.05, 4.69) is 26.6 Å². The Bertz CT molecular complexity index is 735. The largest absolute Gasteiger partial charge is 0.478 e. The van der Waals surface area contributed by atoms with Gasteiger partial charge in [-0.3, -0.25) is 10.1 Å². The lowest BCUT2D eigenvalue weighted by atomic mass is 10.2. The molecule has 0 aliphatic rings. The van der Waals surface area contributed by atoms with Crippen LogP contribution in [0.3, 0.4) is 0 Å². The van der Waals surface area contributed by atoms with Crippen molar-refractivity contribution in [2.75, 3.05) is 5.32 Å². The number of carbonyl (C=O) groups excluding carboxylic acids is 1. The van der Waals surface area contributed by atoms with Crippen molar-refractivity contribution in [3.8, 4) is 0 Å². The lowest BCUT2D eigenvalue weighted by Crippen LogP contribution is -2.34. The Morgan fingerprint density at radius 2 is 1.73 bits per heavy atom. The lowest BCUT2D eigenvalue weighted by Gasteiger charge is -2.11. The summed E-state index contributed by atoms with van der Waals surface area (Å²) in [6, 6.07) is 13.1. The quantitative estimate of drug-likeness (QED) is 0.714. The van der Waals surface area contributed by atoms with Crippen molar-refractivity contribution in [3.63, 3.8) is 0 Å². The molecule has 7 heteroatoms. The average molecular weight is 379 g/mol. The van der Waals surface area contributed by atoms with Gasteiger partial charge in [0.25, 0.3) is 5.91 Å². The zero-order chi connectivity index (χ0) is 16.1. The summed E-state index contributed by atoms with van der Waals surface area (Å²) in [5, 5.41) is 14.4. The summed E-state index contributed by atoms with van der Waals surface area (Å²) in [6.45, 7) is 0. The van der Waals surface area contributed by atoms with E-state index in [0.717, 1.165) is 0 Å². The first-order valence-corrected chi connectivity index (χ1v) is 7.37. The maximum absolute atomic E-state index is 12.0. The molecule has 0 aromatic heterocycles. The van der Waals surface area contributed by atoms with Gasteiger partial charge in [0.05, 0.1) is 11.3 Å². The first kappa shape index (κ1) is 16.1. The lowest BCUT2D eigenvalue weighted by molar-refractivity contribution is 0.0696. The SMILES string of the molecule is O=C(O)c1ccc(Br)c(NC(=S)NC(=O)c2ccccc2)c1. The summed E-state index contributed by atoms with van der Waals surface area (Å²) in [5.74, 6) is -1.39. The molecule has 0 aliphatic carbocycles. The first-order valence-electron chi connectivity index (χ1n) is 6.17. The Labute approximate surface area is 140 Å². The molecule has 2 rings (SSSR count). The predicted octanol–water partition coefficient (Wildman–Crippen LogP) is 3.27. The molecule has 0 aliphatic heterocycles. The second kappa shape index (κ2) is 7.15. The van der Waals surface area contributed by atoms with Crippen molar-refractivity contribution in [3.05, 3.63) is 64.1 Å². The van der Waals surface area contributed by atoms with Gasteiger partial charge in [-0.25, -0.2) is 4.79 Å². The van der Waals surface area contributed by atoms with Gasteiger partial charge in [-0.15, -0.1) is 0 Å². The number of nitrogens with one attached hydrogen (secondary N) is 2. The van der Waals surface area contributed by atoms with E-state index in [1.165, 1.54) is 12.1 Å². The highest BCUT2D eigenvalue weighted by Crippen LogP contribution is 2.23. The normalized spacial score (nSPS) is 9.86. The number of carbonyl (C=O) groups is 2. The van der Waals surface area contributed by atoms with Crippen molar-refractivity contribution < 1.29 is 14.7 Å². The van der Waals surface area contributed by atoms with Crippen LogP contribution in [0.25, 0.3) is 0 Å². The van der Waals surface area contributed by atoms with Gasteiger partial charge in [0, 0.05) is 10.0 Å². The Morgan fingerprint density at radius 1 is 1.05 bits per heavy atom. The molecule has 0 radical (unpaired) electrons. The number of anilines is 1. The van der Waals surface area contributed by atoms with Gasteiger partial charge in [-0.1, -0.05) is 18.2 Å². The highest BCUT2D eigenvalue weighted by molar-refractivity contribution is 9.10. The standard InChI is InChI=1S/C15H11BrN2O3S/c16-11-7-6-10(14(20)21)8-12(11)17-15(22)18-13(19)9-4-2-1-3-5-9/h1-8H,(H,20,21)(H2,17,18,19,22). The Balaban J connectivity index is 2.08. The molecule has 3 N–H and O–H groups in total. The number of rotatable bonds is 3. The molecule has 112 valence electrons. The zero-order valence-corrected chi connectivity index (χ0v) is 13.6. The van der Waals surface area contributed by atoms with Gasteiger partial charge in [0.15, 0.2) is 5.11 Å². The number of amides is 1. The van der Waals surface area contributed by atoms with E-state index in [9.17, 15) is 9.59 Å². The molecule has 1 amide bonds. The summed E-state index contributed by atoms with van der Waals surface area (Å²) in [7, 11) is 0. The number of aromatic carboxylic acids is 1. The number of benzene rings is 2. The fourth-order valence-corrected chi connectivity index (χ4v) is 2.22. The molecule has 0 atom stereocenters.